The molecule has 1 atom stereocenters. The minimum Gasteiger partial charge on any atom is -0.481 e. The third kappa shape index (κ3) is 6.97. The number of aliphatic carboxylic acids is 1. The van der Waals surface area contributed by atoms with Crippen molar-refractivity contribution in [3.8, 4) is 0 Å². The molecule has 4 nitrogen and oxygen atoms in total. The highest BCUT2D eigenvalue weighted by Gasteiger charge is 2.30. The Bertz CT molecular complexity index is 856. The monoisotopic (exact) mass is 525 g/mol. The Morgan fingerprint density at radius 2 is 1.71 bits per heavy atom. The zero-order chi connectivity index (χ0) is 20.9. The number of halogens is 5. The van der Waals surface area contributed by atoms with Gasteiger partial charge in [-0.15, -0.1) is 0 Å². The molecular weight excluding hydrogens is 510 g/mol. The van der Waals surface area contributed by atoms with E-state index >= 15 is 0 Å². The SMILES string of the molecule is O=C(O)CC(Cc1ccc(C(F)(F)F)cc1)NC(=O)Cc1ccc(I)c(Cl)c1. The van der Waals surface area contributed by atoms with Gasteiger partial charge in [0.05, 0.1) is 23.4 Å². The molecule has 0 aliphatic heterocycles. The summed E-state index contributed by atoms with van der Waals surface area (Å²) in [5, 5.41) is 12.2. The number of carbonyl (C=O) groups is 2. The summed E-state index contributed by atoms with van der Waals surface area (Å²) in [5.41, 5.74) is 0.383. The number of alkyl halides is 3. The number of amides is 1. The summed E-state index contributed by atoms with van der Waals surface area (Å²) < 4.78 is 38.8. The predicted molar refractivity (Wildman–Crippen MR) is 107 cm³/mol. The van der Waals surface area contributed by atoms with Gasteiger partial charge in [0, 0.05) is 9.61 Å². The Morgan fingerprint density at radius 1 is 1.11 bits per heavy atom. The van der Waals surface area contributed by atoms with Gasteiger partial charge in [-0.1, -0.05) is 29.8 Å². The Kier molecular flexibility index (Phi) is 7.70. The molecule has 2 aromatic carbocycles. The Hall–Kier alpha value is -1.81. The van der Waals surface area contributed by atoms with Crippen molar-refractivity contribution < 1.29 is 27.9 Å². The minimum atomic E-state index is -4.44. The molecule has 2 N–H and O–H groups in total. The normalized spacial score (nSPS) is 12.5. The third-order valence-electron chi connectivity index (χ3n) is 3.90. The molecule has 0 aliphatic carbocycles. The van der Waals surface area contributed by atoms with Crippen molar-refractivity contribution in [3.63, 3.8) is 0 Å². The lowest BCUT2D eigenvalue weighted by Crippen LogP contribution is -2.39. The summed E-state index contributed by atoms with van der Waals surface area (Å²) in [7, 11) is 0. The van der Waals surface area contributed by atoms with E-state index in [2.05, 4.69) is 27.9 Å². The smallest absolute Gasteiger partial charge is 0.416 e. The van der Waals surface area contributed by atoms with E-state index in [0.29, 0.717) is 16.1 Å². The number of hydrogen-bond acceptors (Lipinski definition) is 2. The number of nitrogens with one attached hydrogen (secondary N) is 1. The maximum absolute atomic E-state index is 12.6. The highest BCUT2D eigenvalue weighted by Crippen LogP contribution is 2.29. The predicted octanol–water partition coefficient (Wildman–Crippen LogP) is 4.71. The Morgan fingerprint density at radius 3 is 2.25 bits per heavy atom. The first-order valence-corrected chi connectivity index (χ1v) is 9.61. The summed E-state index contributed by atoms with van der Waals surface area (Å²) in [4.78, 5) is 23.4. The molecule has 0 saturated heterocycles. The molecule has 0 bridgehead atoms. The van der Waals surface area contributed by atoms with E-state index in [4.69, 9.17) is 16.7 Å². The summed E-state index contributed by atoms with van der Waals surface area (Å²) in [6.07, 6.45) is -4.68. The van der Waals surface area contributed by atoms with Crippen molar-refractivity contribution in [2.45, 2.75) is 31.5 Å². The summed E-state index contributed by atoms with van der Waals surface area (Å²) in [5.74, 6) is -1.51. The quantitative estimate of drug-likeness (QED) is 0.515. The van der Waals surface area contributed by atoms with Crippen molar-refractivity contribution in [1.29, 1.82) is 0 Å². The van der Waals surface area contributed by atoms with E-state index in [9.17, 15) is 22.8 Å². The molecule has 0 aromatic heterocycles. The van der Waals surface area contributed by atoms with Crippen LogP contribution in [0.1, 0.15) is 23.1 Å². The van der Waals surface area contributed by atoms with E-state index in [1.54, 1.807) is 18.2 Å². The van der Waals surface area contributed by atoms with Crippen molar-refractivity contribution in [2.75, 3.05) is 0 Å². The minimum absolute atomic E-state index is 0.0137. The van der Waals surface area contributed by atoms with Gasteiger partial charge < -0.3 is 10.4 Å². The van der Waals surface area contributed by atoms with E-state index < -0.39 is 29.7 Å². The Labute approximate surface area is 178 Å². The van der Waals surface area contributed by atoms with E-state index in [1.807, 2.05) is 0 Å². The second kappa shape index (κ2) is 9.60. The second-order valence-corrected chi connectivity index (χ2v) is 7.76. The van der Waals surface area contributed by atoms with Gasteiger partial charge in [-0.25, -0.2) is 0 Å². The van der Waals surface area contributed by atoms with E-state index in [0.717, 1.165) is 15.7 Å². The topological polar surface area (TPSA) is 66.4 Å². The van der Waals surface area contributed by atoms with Gasteiger partial charge in [-0.05, 0) is 64.4 Å². The molecule has 1 unspecified atom stereocenters. The molecule has 0 aliphatic rings. The van der Waals surface area contributed by atoms with Crippen molar-refractivity contribution in [3.05, 3.63) is 67.7 Å². The zero-order valence-corrected chi connectivity index (χ0v) is 17.3. The van der Waals surface area contributed by atoms with Gasteiger partial charge in [-0.3, -0.25) is 9.59 Å². The molecule has 0 radical (unpaired) electrons. The van der Waals surface area contributed by atoms with Crippen LogP contribution in [0.2, 0.25) is 5.02 Å². The number of carbonyl (C=O) groups excluding carboxylic acids is 1. The first-order valence-electron chi connectivity index (χ1n) is 8.16. The van der Waals surface area contributed by atoms with Crippen molar-refractivity contribution in [2.24, 2.45) is 0 Å². The highest BCUT2D eigenvalue weighted by molar-refractivity contribution is 14.1. The van der Waals surface area contributed by atoms with Crippen LogP contribution in [0.5, 0.6) is 0 Å². The molecular formula is C19H16ClF3INO3. The third-order valence-corrected chi connectivity index (χ3v) is 5.47. The van der Waals surface area contributed by atoms with Gasteiger partial charge in [-0.2, -0.15) is 13.2 Å². The van der Waals surface area contributed by atoms with Crippen molar-refractivity contribution in [1.82, 2.24) is 5.32 Å². The van der Waals surface area contributed by atoms with Gasteiger partial charge in [0.25, 0.3) is 0 Å². The zero-order valence-electron chi connectivity index (χ0n) is 14.4. The molecule has 2 aromatic rings. The largest absolute Gasteiger partial charge is 0.481 e. The number of rotatable bonds is 7. The van der Waals surface area contributed by atoms with Gasteiger partial charge in [0.15, 0.2) is 0 Å². The molecule has 9 heteroatoms. The fraction of sp³-hybridized carbons (Fsp3) is 0.263. The fourth-order valence-corrected chi connectivity index (χ4v) is 3.15. The van der Waals surface area contributed by atoms with Crippen LogP contribution in [-0.4, -0.2) is 23.0 Å². The fourth-order valence-electron chi connectivity index (χ4n) is 2.61. The van der Waals surface area contributed by atoms with Crippen LogP contribution in [0.25, 0.3) is 0 Å². The second-order valence-electron chi connectivity index (χ2n) is 6.19. The standard InChI is InChI=1S/C19H16ClF3INO3/c20-15-8-12(3-6-16(15)24)9-17(26)25-14(10-18(27)28)7-11-1-4-13(5-2-11)19(21,22)23/h1-6,8,14H,7,9-10H2,(H,25,26)(H,27,28). The molecule has 0 spiro atoms. The molecule has 2 rings (SSSR count). The van der Waals surface area contributed by atoms with E-state index in [1.165, 1.54) is 12.1 Å². The van der Waals surface area contributed by atoms with Gasteiger partial charge in [0.2, 0.25) is 5.91 Å². The van der Waals surface area contributed by atoms with Gasteiger partial charge >= 0.3 is 12.1 Å². The highest BCUT2D eigenvalue weighted by atomic mass is 127. The van der Waals surface area contributed by atoms with Crippen LogP contribution in [0.15, 0.2) is 42.5 Å². The molecule has 150 valence electrons. The molecule has 0 heterocycles. The average molecular weight is 526 g/mol. The van der Waals surface area contributed by atoms with Crippen LogP contribution < -0.4 is 5.32 Å². The van der Waals surface area contributed by atoms with Crippen LogP contribution in [0.4, 0.5) is 13.2 Å². The first kappa shape index (κ1) is 22.5. The first-order chi connectivity index (χ1) is 13.0. The lowest BCUT2D eigenvalue weighted by molar-refractivity contribution is -0.138. The average Bonchev–Trinajstić information content (AvgIpc) is 2.57. The number of carboxylic acid groups (broad SMARTS) is 1. The van der Waals surface area contributed by atoms with Crippen LogP contribution in [0, 0.1) is 3.57 Å². The number of benzene rings is 2. The molecule has 0 saturated carbocycles. The van der Waals surface area contributed by atoms with Crippen molar-refractivity contribution >= 4 is 46.1 Å². The lowest BCUT2D eigenvalue weighted by Gasteiger charge is -2.18. The Balaban J connectivity index is 2.05. The summed E-state index contributed by atoms with van der Waals surface area (Å²) in [6, 6.07) is 8.85. The molecule has 0 fully saturated rings. The number of carboxylic acids is 1. The number of hydrogen-bond donors (Lipinski definition) is 2. The van der Waals surface area contributed by atoms with Crippen LogP contribution >= 0.6 is 34.2 Å². The van der Waals surface area contributed by atoms with Crippen LogP contribution in [-0.2, 0) is 28.6 Å². The lowest BCUT2D eigenvalue weighted by atomic mass is 10.0. The molecule has 28 heavy (non-hydrogen) atoms. The summed E-state index contributed by atoms with van der Waals surface area (Å²) in [6.45, 7) is 0. The maximum atomic E-state index is 12.6. The molecule has 1 amide bonds. The van der Waals surface area contributed by atoms with E-state index in [-0.39, 0.29) is 19.3 Å². The van der Waals surface area contributed by atoms with Gasteiger partial charge in [0.1, 0.15) is 0 Å². The maximum Gasteiger partial charge on any atom is 0.416 e. The van der Waals surface area contributed by atoms with Crippen LogP contribution in [0.3, 0.4) is 0 Å². The summed E-state index contributed by atoms with van der Waals surface area (Å²) >= 11 is 8.09.